The van der Waals surface area contributed by atoms with Crippen LogP contribution in [-0.4, -0.2) is 31.9 Å². The number of hydrogen-bond donors (Lipinski definition) is 2. The average molecular weight is 252 g/mol. The first-order chi connectivity index (χ1) is 8.61. The van der Waals surface area contributed by atoms with Gasteiger partial charge in [-0.2, -0.15) is 9.97 Å². The fourth-order valence-corrected chi connectivity index (χ4v) is 1.56. The van der Waals surface area contributed by atoms with E-state index in [0.717, 1.165) is 0 Å². The molecule has 0 aliphatic carbocycles. The number of hydrogen-bond acceptors (Lipinski definition) is 7. The molecule has 1 unspecified atom stereocenters. The highest BCUT2D eigenvalue weighted by Gasteiger charge is 2.23. The zero-order valence-electron chi connectivity index (χ0n) is 10.5. The largest absolute Gasteiger partial charge is 0.370 e. The Hall–Kier alpha value is -1.96. The van der Waals surface area contributed by atoms with Crippen molar-refractivity contribution in [3.63, 3.8) is 0 Å². The zero-order chi connectivity index (χ0) is 13.1. The van der Waals surface area contributed by atoms with E-state index in [9.17, 15) is 0 Å². The minimum atomic E-state index is -0.201. The average Bonchev–Trinajstić information content (AvgIpc) is 2.93. The Morgan fingerprint density at radius 2 is 2.17 bits per heavy atom. The van der Waals surface area contributed by atoms with Crippen LogP contribution in [0.2, 0.25) is 0 Å². The molecule has 0 saturated heterocycles. The van der Waals surface area contributed by atoms with Gasteiger partial charge in [0, 0.05) is 6.61 Å². The quantitative estimate of drug-likeness (QED) is 0.820. The molecule has 2 aromatic heterocycles. The van der Waals surface area contributed by atoms with Crippen molar-refractivity contribution < 1.29 is 9.26 Å². The normalized spacial score (nSPS) is 13.1. The SMILES string of the molecule is CCOC(c1noc(-c2nc(N)n[nH]2)n1)C(C)C. The molecule has 18 heavy (non-hydrogen) atoms. The number of nitrogens with zero attached hydrogens (tertiary/aromatic N) is 4. The molecule has 0 bridgehead atoms. The van der Waals surface area contributed by atoms with Gasteiger partial charge < -0.3 is 15.0 Å². The van der Waals surface area contributed by atoms with Gasteiger partial charge in [0.05, 0.1) is 0 Å². The molecule has 0 saturated carbocycles. The maximum atomic E-state index is 5.59. The summed E-state index contributed by atoms with van der Waals surface area (Å²) in [7, 11) is 0. The van der Waals surface area contributed by atoms with Crippen LogP contribution < -0.4 is 5.73 Å². The fraction of sp³-hybridized carbons (Fsp3) is 0.600. The molecule has 8 nitrogen and oxygen atoms in total. The van der Waals surface area contributed by atoms with Crippen molar-refractivity contribution in [3.8, 4) is 11.7 Å². The molecule has 8 heteroatoms. The van der Waals surface area contributed by atoms with E-state index in [4.69, 9.17) is 15.0 Å². The lowest BCUT2D eigenvalue weighted by molar-refractivity contribution is 0.0217. The third-order valence-electron chi connectivity index (χ3n) is 2.35. The van der Waals surface area contributed by atoms with Gasteiger partial charge in [-0.05, 0) is 12.8 Å². The summed E-state index contributed by atoms with van der Waals surface area (Å²) in [4.78, 5) is 8.16. The number of ether oxygens (including phenoxy) is 1. The molecule has 0 fully saturated rings. The number of nitrogen functional groups attached to an aromatic ring is 1. The molecule has 0 radical (unpaired) electrons. The first kappa shape index (κ1) is 12.5. The third-order valence-corrected chi connectivity index (χ3v) is 2.35. The molecule has 2 aromatic rings. The van der Waals surface area contributed by atoms with E-state index in [-0.39, 0.29) is 23.9 Å². The summed E-state index contributed by atoms with van der Waals surface area (Å²) >= 11 is 0. The molecule has 0 aliphatic rings. The van der Waals surface area contributed by atoms with Crippen LogP contribution in [0, 0.1) is 5.92 Å². The van der Waals surface area contributed by atoms with E-state index in [0.29, 0.717) is 18.3 Å². The van der Waals surface area contributed by atoms with Gasteiger partial charge in [-0.15, -0.1) is 5.10 Å². The van der Waals surface area contributed by atoms with E-state index < -0.39 is 0 Å². The molecule has 0 aliphatic heterocycles. The highest BCUT2D eigenvalue weighted by atomic mass is 16.5. The standard InChI is InChI=1S/C10H16N6O2/c1-4-17-6(5(2)3)7-12-9(18-16-7)8-13-10(11)15-14-8/h5-6H,4H2,1-3H3,(H3,11,13,14,15). The maximum absolute atomic E-state index is 5.59. The minimum absolute atomic E-state index is 0.134. The van der Waals surface area contributed by atoms with Gasteiger partial charge in [-0.1, -0.05) is 19.0 Å². The van der Waals surface area contributed by atoms with Crippen LogP contribution >= 0.6 is 0 Å². The lowest BCUT2D eigenvalue weighted by atomic mass is 10.1. The Kier molecular flexibility index (Phi) is 3.56. The van der Waals surface area contributed by atoms with Crippen LogP contribution in [0.25, 0.3) is 11.7 Å². The number of aromatic nitrogens is 5. The molecule has 98 valence electrons. The number of H-pyrrole nitrogens is 1. The van der Waals surface area contributed by atoms with Gasteiger partial charge in [0.25, 0.3) is 5.89 Å². The Labute approximate surface area is 104 Å². The van der Waals surface area contributed by atoms with Crippen LogP contribution in [0.5, 0.6) is 0 Å². The van der Waals surface area contributed by atoms with Gasteiger partial charge in [-0.3, -0.25) is 5.10 Å². The summed E-state index contributed by atoms with van der Waals surface area (Å²) in [6, 6.07) is 0. The molecule has 1 atom stereocenters. The van der Waals surface area contributed by atoms with Gasteiger partial charge >= 0.3 is 0 Å². The lowest BCUT2D eigenvalue weighted by Gasteiger charge is -2.16. The van der Waals surface area contributed by atoms with Crippen molar-refractivity contribution in [3.05, 3.63) is 5.82 Å². The zero-order valence-corrected chi connectivity index (χ0v) is 10.5. The highest BCUT2D eigenvalue weighted by molar-refractivity contribution is 5.41. The van der Waals surface area contributed by atoms with Gasteiger partial charge in [0.15, 0.2) is 0 Å². The predicted molar refractivity (Wildman–Crippen MR) is 63.3 cm³/mol. The van der Waals surface area contributed by atoms with Crippen LogP contribution in [-0.2, 0) is 4.74 Å². The first-order valence-electron chi connectivity index (χ1n) is 5.75. The number of nitrogens with one attached hydrogen (secondary N) is 1. The van der Waals surface area contributed by atoms with E-state index in [2.05, 4.69) is 25.3 Å². The van der Waals surface area contributed by atoms with Gasteiger partial charge in [-0.25, -0.2) is 0 Å². The first-order valence-corrected chi connectivity index (χ1v) is 5.75. The molecule has 3 N–H and O–H groups in total. The number of rotatable bonds is 5. The van der Waals surface area contributed by atoms with Crippen LogP contribution in [0.3, 0.4) is 0 Å². The predicted octanol–water partition coefficient (Wildman–Crippen LogP) is 1.17. The molecular formula is C10H16N6O2. The molecule has 0 amide bonds. The number of anilines is 1. The second kappa shape index (κ2) is 5.13. The lowest BCUT2D eigenvalue weighted by Crippen LogP contribution is -2.12. The van der Waals surface area contributed by atoms with Crippen molar-refractivity contribution in [2.24, 2.45) is 5.92 Å². The van der Waals surface area contributed by atoms with E-state index in [1.54, 1.807) is 0 Å². The van der Waals surface area contributed by atoms with Crippen LogP contribution in [0.1, 0.15) is 32.7 Å². The number of nitrogens with two attached hydrogens (primary N) is 1. The second-order valence-corrected chi connectivity index (χ2v) is 4.12. The summed E-state index contributed by atoms with van der Waals surface area (Å²) in [5.41, 5.74) is 5.41. The summed E-state index contributed by atoms with van der Waals surface area (Å²) in [6.07, 6.45) is -0.201. The minimum Gasteiger partial charge on any atom is -0.370 e. The van der Waals surface area contributed by atoms with Crippen molar-refractivity contribution in [1.82, 2.24) is 25.3 Å². The van der Waals surface area contributed by atoms with Crippen molar-refractivity contribution in [1.29, 1.82) is 0 Å². The van der Waals surface area contributed by atoms with Crippen molar-refractivity contribution in [2.75, 3.05) is 12.3 Å². The molecule has 2 heterocycles. The Morgan fingerprint density at radius 1 is 1.39 bits per heavy atom. The third kappa shape index (κ3) is 2.48. The van der Waals surface area contributed by atoms with E-state index >= 15 is 0 Å². The van der Waals surface area contributed by atoms with Crippen molar-refractivity contribution >= 4 is 5.95 Å². The smallest absolute Gasteiger partial charge is 0.295 e. The van der Waals surface area contributed by atoms with E-state index in [1.165, 1.54) is 0 Å². The van der Waals surface area contributed by atoms with Crippen LogP contribution in [0.15, 0.2) is 4.52 Å². The molecule has 0 aromatic carbocycles. The Balaban J connectivity index is 2.23. The highest BCUT2D eigenvalue weighted by Crippen LogP contribution is 2.25. The monoisotopic (exact) mass is 252 g/mol. The van der Waals surface area contributed by atoms with Gasteiger partial charge in [0.2, 0.25) is 17.6 Å². The summed E-state index contributed by atoms with van der Waals surface area (Å²) < 4.78 is 10.7. The Morgan fingerprint density at radius 3 is 2.72 bits per heavy atom. The molecule has 0 spiro atoms. The summed E-state index contributed by atoms with van der Waals surface area (Å²) in [5, 5.41) is 10.2. The maximum Gasteiger partial charge on any atom is 0.295 e. The van der Waals surface area contributed by atoms with E-state index in [1.807, 2.05) is 20.8 Å². The van der Waals surface area contributed by atoms with Crippen LogP contribution in [0.4, 0.5) is 5.95 Å². The second-order valence-electron chi connectivity index (χ2n) is 4.12. The van der Waals surface area contributed by atoms with Gasteiger partial charge in [0.1, 0.15) is 6.10 Å². The number of aromatic amines is 1. The summed E-state index contributed by atoms with van der Waals surface area (Å²) in [6.45, 7) is 6.57. The van der Waals surface area contributed by atoms with Crippen molar-refractivity contribution in [2.45, 2.75) is 26.9 Å². The molecular weight excluding hydrogens is 236 g/mol. The Bertz CT molecular complexity index is 506. The molecule has 2 rings (SSSR count). The summed E-state index contributed by atoms with van der Waals surface area (Å²) in [5.74, 6) is 1.48. The fourth-order valence-electron chi connectivity index (χ4n) is 1.56. The topological polar surface area (TPSA) is 116 Å².